The predicted molar refractivity (Wildman–Crippen MR) is 132 cm³/mol. The molecule has 0 unspecified atom stereocenters. The second-order valence-corrected chi connectivity index (χ2v) is 7.10. The lowest BCUT2D eigenvalue weighted by molar-refractivity contribution is -0.114. The maximum Gasteiger partial charge on any atom is 0.221 e. The summed E-state index contributed by atoms with van der Waals surface area (Å²) in [7, 11) is 1.64. The van der Waals surface area contributed by atoms with E-state index in [2.05, 4.69) is 31.1 Å². The quantitative estimate of drug-likeness (QED) is 0.406. The number of nitrogen functional groups attached to an aromatic ring is 1. The first-order valence-corrected chi connectivity index (χ1v) is 10.3. The van der Waals surface area contributed by atoms with E-state index in [1.807, 2.05) is 66.7 Å². The number of amides is 1. The van der Waals surface area contributed by atoms with Gasteiger partial charge in [-0.2, -0.15) is 0 Å². The molecule has 31 heavy (non-hydrogen) atoms. The predicted octanol–water partition coefficient (Wildman–Crippen LogP) is 6.40. The molecular formula is C26H31N3O2. The summed E-state index contributed by atoms with van der Waals surface area (Å²) >= 11 is 0. The maximum atomic E-state index is 11.2. The van der Waals surface area contributed by atoms with Crippen LogP contribution in [0.2, 0.25) is 0 Å². The molecule has 0 bridgehead atoms. The molecule has 5 heteroatoms. The fourth-order valence-electron chi connectivity index (χ4n) is 2.82. The molecule has 0 saturated heterocycles. The fourth-order valence-corrected chi connectivity index (χ4v) is 2.82. The summed E-state index contributed by atoms with van der Waals surface area (Å²) in [5.41, 5.74) is 12.0. The molecule has 0 heterocycles. The fraction of sp³-hybridized carbons (Fsp3) is 0.192. The van der Waals surface area contributed by atoms with E-state index in [4.69, 9.17) is 10.5 Å². The molecule has 1 amide bonds. The standard InChI is InChI=1S/C23H23N3O2.C3H8/c1-15(17-6-11-21(28-3)12-7-17)25-23-14-19(8-13-22(23)24)18-4-9-20(10-5-18)26-16(2)27;1-3-2/h4-14,25H,1,24H2,2-3H3,(H,26,27);3H2,1-2H3. The van der Waals surface area contributed by atoms with Gasteiger partial charge in [0.15, 0.2) is 0 Å². The Labute approximate surface area is 184 Å². The van der Waals surface area contributed by atoms with Crippen LogP contribution >= 0.6 is 0 Å². The van der Waals surface area contributed by atoms with E-state index < -0.39 is 0 Å². The summed E-state index contributed by atoms with van der Waals surface area (Å²) < 4.78 is 5.19. The summed E-state index contributed by atoms with van der Waals surface area (Å²) in [4.78, 5) is 11.2. The topological polar surface area (TPSA) is 76.4 Å². The van der Waals surface area contributed by atoms with E-state index in [0.29, 0.717) is 5.69 Å². The van der Waals surface area contributed by atoms with Crippen molar-refractivity contribution in [3.63, 3.8) is 0 Å². The number of hydrogen-bond donors (Lipinski definition) is 3. The van der Waals surface area contributed by atoms with E-state index in [1.165, 1.54) is 13.3 Å². The van der Waals surface area contributed by atoms with Crippen molar-refractivity contribution in [3.8, 4) is 16.9 Å². The van der Waals surface area contributed by atoms with Crippen molar-refractivity contribution in [2.75, 3.05) is 23.5 Å². The van der Waals surface area contributed by atoms with Crippen LogP contribution in [0.1, 0.15) is 32.8 Å². The minimum absolute atomic E-state index is 0.0937. The van der Waals surface area contributed by atoms with Crippen molar-refractivity contribution >= 4 is 28.7 Å². The van der Waals surface area contributed by atoms with E-state index in [9.17, 15) is 4.79 Å². The van der Waals surface area contributed by atoms with Crippen LogP contribution in [0.4, 0.5) is 17.1 Å². The number of nitrogens with two attached hydrogens (primary N) is 1. The molecule has 0 aromatic heterocycles. The third-order valence-corrected chi connectivity index (χ3v) is 4.32. The molecule has 0 fully saturated rings. The Balaban J connectivity index is 0.00000107. The highest BCUT2D eigenvalue weighted by Crippen LogP contribution is 2.30. The van der Waals surface area contributed by atoms with Crippen LogP contribution in [0.3, 0.4) is 0 Å². The third-order valence-electron chi connectivity index (χ3n) is 4.32. The molecule has 5 nitrogen and oxygen atoms in total. The summed E-state index contributed by atoms with van der Waals surface area (Å²) in [6.07, 6.45) is 1.25. The van der Waals surface area contributed by atoms with Gasteiger partial charge in [-0.05, 0) is 65.2 Å². The second kappa shape index (κ2) is 11.5. The van der Waals surface area contributed by atoms with Crippen molar-refractivity contribution in [1.29, 1.82) is 0 Å². The van der Waals surface area contributed by atoms with Crippen molar-refractivity contribution < 1.29 is 9.53 Å². The monoisotopic (exact) mass is 417 g/mol. The van der Waals surface area contributed by atoms with Gasteiger partial charge in [0, 0.05) is 18.3 Å². The molecule has 3 aromatic carbocycles. The number of carbonyl (C=O) groups is 1. The lowest BCUT2D eigenvalue weighted by Gasteiger charge is -2.14. The highest BCUT2D eigenvalue weighted by atomic mass is 16.5. The first-order valence-electron chi connectivity index (χ1n) is 10.3. The van der Waals surface area contributed by atoms with E-state index in [0.717, 1.165) is 39.5 Å². The SMILES string of the molecule is C=C(Nc1cc(-c2ccc(NC(C)=O)cc2)ccc1N)c1ccc(OC)cc1.CCC. The van der Waals surface area contributed by atoms with Gasteiger partial charge in [-0.3, -0.25) is 4.79 Å². The zero-order valence-corrected chi connectivity index (χ0v) is 18.7. The third kappa shape index (κ3) is 6.93. The lowest BCUT2D eigenvalue weighted by atomic mass is 10.0. The number of nitrogens with one attached hydrogen (secondary N) is 2. The highest BCUT2D eigenvalue weighted by molar-refractivity contribution is 5.89. The smallest absolute Gasteiger partial charge is 0.221 e. The Hall–Kier alpha value is -3.73. The number of rotatable bonds is 6. The average Bonchev–Trinajstić information content (AvgIpc) is 2.76. The van der Waals surface area contributed by atoms with Crippen LogP contribution in [0.5, 0.6) is 5.75 Å². The maximum absolute atomic E-state index is 11.2. The summed E-state index contributed by atoms with van der Waals surface area (Å²) in [6, 6.07) is 21.1. The Morgan fingerprint density at radius 3 is 2.06 bits per heavy atom. The average molecular weight is 418 g/mol. The van der Waals surface area contributed by atoms with E-state index in [-0.39, 0.29) is 5.91 Å². The number of ether oxygens (including phenoxy) is 1. The van der Waals surface area contributed by atoms with Crippen LogP contribution in [0, 0.1) is 0 Å². The van der Waals surface area contributed by atoms with Crippen molar-refractivity contribution in [3.05, 3.63) is 78.9 Å². The van der Waals surface area contributed by atoms with Gasteiger partial charge in [0.25, 0.3) is 0 Å². The van der Waals surface area contributed by atoms with Crippen LogP contribution in [-0.2, 0) is 4.79 Å². The number of carbonyl (C=O) groups excluding carboxylic acids is 1. The van der Waals surface area contributed by atoms with E-state index in [1.54, 1.807) is 7.11 Å². The largest absolute Gasteiger partial charge is 0.497 e. The molecule has 0 aliphatic heterocycles. The van der Waals surface area contributed by atoms with Gasteiger partial charge in [-0.25, -0.2) is 0 Å². The second-order valence-electron chi connectivity index (χ2n) is 7.10. The van der Waals surface area contributed by atoms with Gasteiger partial charge < -0.3 is 21.1 Å². The molecule has 0 spiro atoms. The zero-order valence-electron chi connectivity index (χ0n) is 18.7. The molecule has 4 N–H and O–H groups in total. The van der Waals surface area contributed by atoms with Gasteiger partial charge in [0.1, 0.15) is 5.75 Å². The first-order chi connectivity index (χ1) is 14.9. The minimum atomic E-state index is -0.0937. The normalized spacial score (nSPS) is 9.81. The van der Waals surface area contributed by atoms with Crippen molar-refractivity contribution in [2.24, 2.45) is 0 Å². The first kappa shape index (κ1) is 23.5. The Bertz CT molecular complexity index is 1010. The number of benzene rings is 3. The minimum Gasteiger partial charge on any atom is -0.497 e. The molecular weight excluding hydrogens is 386 g/mol. The summed E-state index contributed by atoms with van der Waals surface area (Å²) in [5, 5.41) is 6.06. The molecule has 3 rings (SSSR count). The van der Waals surface area contributed by atoms with Crippen LogP contribution in [0.25, 0.3) is 16.8 Å². The van der Waals surface area contributed by atoms with Crippen LogP contribution in [0.15, 0.2) is 73.3 Å². The molecule has 0 aliphatic carbocycles. The molecule has 0 radical (unpaired) electrons. The lowest BCUT2D eigenvalue weighted by Crippen LogP contribution is -2.05. The molecule has 162 valence electrons. The Kier molecular flexibility index (Phi) is 8.70. The summed E-state index contributed by atoms with van der Waals surface area (Å²) in [6.45, 7) is 9.85. The zero-order chi connectivity index (χ0) is 22.8. The van der Waals surface area contributed by atoms with Gasteiger partial charge >= 0.3 is 0 Å². The van der Waals surface area contributed by atoms with Gasteiger partial charge in [-0.1, -0.05) is 45.0 Å². The van der Waals surface area contributed by atoms with Crippen molar-refractivity contribution in [1.82, 2.24) is 0 Å². The number of anilines is 3. The molecule has 0 aliphatic rings. The highest BCUT2D eigenvalue weighted by Gasteiger charge is 2.07. The molecule has 3 aromatic rings. The Morgan fingerprint density at radius 2 is 1.52 bits per heavy atom. The molecule has 0 atom stereocenters. The Morgan fingerprint density at radius 1 is 0.935 bits per heavy atom. The van der Waals surface area contributed by atoms with Gasteiger partial charge in [-0.15, -0.1) is 0 Å². The van der Waals surface area contributed by atoms with Crippen LogP contribution in [-0.4, -0.2) is 13.0 Å². The number of methoxy groups -OCH3 is 1. The van der Waals surface area contributed by atoms with Gasteiger partial charge in [0.2, 0.25) is 5.91 Å². The van der Waals surface area contributed by atoms with Gasteiger partial charge in [0.05, 0.1) is 18.5 Å². The van der Waals surface area contributed by atoms with Crippen molar-refractivity contribution in [2.45, 2.75) is 27.2 Å². The van der Waals surface area contributed by atoms with E-state index >= 15 is 0 Å². The summed E-state index contributed by atoms with van der Waals surface area (Å²) in [5.74, 6) is 0.699. The number of hydrogen-bond acceptors (Lipinski definition) is 4. The van der Waals surface area contributed by atoms with Crippen LogP contribution < -0.4 is 21.1 Å². The molecule has 0 saturated carbocycles.